The molecule has 132 valence electrons. The van der Waals surface area contributed by atoms with Gasteiger partial charge in [0.05, 0.1) is 5.56 Å². The lowest BCUT2D eigenvalue weighted by Crippen LogP contribution is -2.39. The summed E-state index contributed by atoms with van der Waals surface area (Å²) in [6.07, 6.45) is 4.31. The minimum absolute atomic E-state index is 0.105. The van der Waals surface area contributed by atoms with Crippen LogP contribution in [0.3, 0.4) is 0 Å². The minimum Gasteiger partial charge on any atom is -0.339 e. The molecule has 0 unspecified atom stereocenters. The Morgan fingerprint density at radius 2 is 1.88 bits per heavy atom. The Morgan fingerprint density at radius 1 is 1.16 bits per heavy atom. The fourth-order valence-corrected chi connectivity index (χ4v) is 3.76. The highest BCUT2D eigenvalue weighted by atomic mass is 32.2. The van der Waals surface area contributed by atoms with Gasteiger partial charge < -0.3 is 4.90 Å². The molecule has 0 N–H and O–H groups in total. The molecule has 0 bridgehead atoms. The van der Waals surface area contributed by atoms with Gasteiger partial charge in [0.2, 0.25) is 0 Å². The van der Waals surface area contributed by atoms with Gasteiger partial charge in [-0.25, -0.2) is 4.98 Å². The van der Waals surface area contributed by atoms with E-state index >= 15 is 0 Å². The van der Waals surface area contributed by atoms with E-state index in [0.717, 1.165) is 19.3 Å². The van der Waals surface area contributed by atoms with Crippen LogP contribution in [-0.2, 0) is 6.42 Å². The zero-order chi connectivity index (χ0) is 17.6. The maximum absolute atomic E-state index is 12.7. The largest absolute Gasteiger partial charge is 0.339 e. The predicted octanol–water partition coefficient (Wildman–Crippen LogP) is 4.49. The van der Waals surface area contributed by atoms with E-state index in [1.165, 1.54) is 11.8 Å². The third-order valence-electron chi connectivity index (χ3n) is 4.47. The molecule has 1 saturated heterocycles. The number of hydrogen-bond donors (Lipinski definition) is 0. The van der Waals surface area contributed by atoms with Gasteiger partial charge in [-0.15, -0.1) is 0 Å². The van der Waals surface area contributed by atoms with Gasteiger partial charge in [-0.3, -0.25) is 4.79 Å². The Kier molecular flexibility index (Phi) is 6.02. The van der Waals surface area contributed by atoms with Crippen LogP contribution in [0, 0.1) is 5.92 Å². The molecule has 0 spiro atoms. The fraction of sp³-hybridized carbons (Fsp3) is 0.368. The van der Waals surface area contributed by atoms with E-state index in [2.05, 4.69) is 17.1 Å². The molecule has 0 radical (unpaired) electrons. The monoisotopic (exact) mass is 362 g/mol. The van der Waals surface area contributed by atoms with E-state index < -0.39 is 5.76 Å². The summed E-state index contributed by atoms with van der Waals surface area (Å²) in [7, 11) is 0. The van der Waals surface area contributed by atoms with E-state index in [-0.39, 0.29) is 16.5 Å². The molecule has 1 fully saturated rings. The van der Waals surface area contributed by atoms with Crippen molar-refractivity contribution in [1.82, 2.24) is 9.88 Å². The summed E-state index contributed by atoms with van der Waals surface area (Å²) in [5.74, 6) is -2.23. The molecular weight excluding hydrogens is 342 g/mol. The molecule has 0 saturated carbocycles. The number of piperidine rings is 1. The maximum Gasteiger partial charge on any atom is 0.290 e. The molecule has 0 aliphatic carbocycles. The lowest BCUT2D eigenvalue weighted by molar-refractivity contribution is 0.0686. The van der Waals surface area contributed by atoms with Crippen LogP contribution in [0.1, 0.15) is 28.8 Å². The number of alkyl halides is 2. The smallest absolute Gasteiger partial charge is 0.290 e. The van der Waals surface area contributed by atoms with Crippen molar-refractivity contribution in [1.29, 1.82) is 0 Å². The summed E-state index contributed by atoms with van der Waals surface area (Å²) in [4.78, 5) is 18.4. The molecule has 1 aromatic heterocycles. The predicted molar refractivity (Wildman–Crippen MR) is 94.9 cm³/mol. The van der Waals surface area contributed by atoms with E-state index in [1.54, 1.807) is 17.0 Å². The van der Waals surface area contributed by atoms with Crippen LogP contribution in [-0.4, -0.2) is 34.6 Å². The number of amides is 1. The normalized spacial score (nSPS) is 15.6. The summed E-state index contributed by atoms with van der Waals surface area (Å²) in [5.41, 5.74) is 1.59. The Labute approximate surface area is 150 Å². The summed E-state index contributed by atoms with van der Waals surface area (Å²) in [5, 5.41) is 0.105. The molecule has 3 rings (SSSR count). The SMILES string of the molecule is O=C(c1cccnc1SC(F)F)N1CCC(Cc2ccccc2)CC1. The van der Waals surface area contributed by atoms with Gasteiger partial charge in [0, 0.05) is 19.3 Å². The number of aromatic nitrogens is 1. The van der Waals surface area contributed by atoms with Crippen molar-refractivity contribution in [2.45, 2.75) is 30.0 Å². The third kappa shape index (κ3) is 4.78. The molecule has 0 atom stereocenters. The van der Waals surface area contributed by atoms with Crippen LogP contribution in [0.5, 0.6) is 0 Å². The Hall–Kier alpha value is -1.95. The molecule has 1 aliphatic heterocycles. The minimum atomic E-state index is -2.59. The van der Waals surface area contributed by atoms with Crippen LogP contribution in [0.2, 0.25) is 0 Å². The first-order chi connectivity index (χ1) is 12.1. The summed E-state index contributed by atoms with van der Waals surface area (Å²) in [6.45, 7) is 1.31. The van der Waals surface area contributed by atoms with Crippen LogP contribution in [0.25, 0.3) is 0 Å². The number of halogens is 2. The number of thioether (sulfide) groups is 1. The quantitative estimate of drug-likeness (QED) is 0.735. The van der Waals surface area contributed by atoms with E-state index in [9.17, 15) is 13.6 Å². The Bertz CT molecular complexity index is 704. The van der Waals surface area contributed by atoms with Gasteiger partial charge in [0.1, 0.15) is 5.03 Å². The fourth-order valence-electron chi connectivity index (χ4n) is 3.19. The van der Waals surface area contributed by atoms with Gasteiger partial charge >= 0.3 is 0 Å². The highest BCUT2D eigenvalue weighted by Gasteiger charge is 2.26. The van der Waals surface area contributed by atoms with Crippen LogP contribution in [0.15, 0.2) is 53.7 Å². The van der Waals surface area contributed by atoms with Crippen molar-refractivity contribution >= 4 is 17.7 Å². The average Bonchev–Trinajstić information content (AvgIpc) is 2.63. The van der Waals surface area contributed by atoms with Crippen molar-refractivity contribution in [2.24, 2.45) is 5.92 Å². The van der Waals surface area contributed by atoms with Gasteiger partial charge in [0.15, 0.2) is 0 Å². The highest BCUT2D eigenvalue weighted by Crippen LogP contribution is 2.28. The summed E-state index contributed by atoms with van der Waals surface area (Å²) in [6, 6.07) is 13.5. The summed E-state index contributed by atoms with van der Waals surface area (Å²) < 4.78 is 25.3. The standard InChI is InChI=1S/C19H20F2N2OS/c20-19(21)25-17-16(7-4-10-22-17)18(24)23-11-8-15(9-12-23)13-14-5-2-1-3-6-14/h1-7,10,15,19H,8-9,11-13H2. The molecule has 2 heterocycles. The maximum atomic E-state index is 12.7. The molecule has 3 nitrogen and oxygen atoms in total. The first-order valence-electron chi connectivity index (χ1n) is 8.36. The zero-order valence-electron chi connectivity index (χ0n) is 13.8. The molecule has 25 heavy (non-hydrogen) atoms. The molecule has 1 aromatic carbocycles. The zero-order valence-corrected chi connectivity index (χ0v) is 14.6. The van der Waals surface area contributed by atoms with Gasteiger partial charge in [0.25, 0.3) is 11.7 Å². The molecule has 6 heteroatoms. The number of carbonyl (C=O) groups excluding carboxylic acids is 1. The van der Waals surface area contributed by atoms with Gasteiger partial charge in [-0.2, -0.15) is 8.78 Å². The van der Waals surface area contributed by atoms with Crippen molar-refractivity contribution in [3.8, 4) is 0 Å². The van der Waals surface area contributed by atoms with Crippen molar-refractivity contribution in [3.63, 3.8) is 0 Å². The number of rotatable bonds is 5. The van der Waals surface area contributed by atoms with Crippen LogP contribution < -0.4 is 0 Å². The molecule has 1 aliphatic rings. The lowest BCUT2D eigenvalue weighted by Gasteiger charge is -2.32. The van der Waals surface area contributed by atoms with Crippen molar-refractivity contribution < 1.29 is 13.6 Å². The van der Waals surface area contributed by atoms with Crippen molar-refractivity contribution in [2.75, 3.05) is 13.1 Å². The first-order valence-corrected chi connectivity index (χ1v) is 9.24. The second-order valence-electron chi connectivity index (χ2n) is 6.16. The summed E-state index contributed by atoms with van der Waals surface area (Å²) >= 11 is 0.328. The lowest BCUT2D eigenvalue weighted by atomic mass is 9.90. The molecule has 2 aromatic rings. The average molecular weight is 362 g/mol. The van der Waals surface area contributed by atoms with Gasteiger partial charge in [-0.1, -0.05) is 30.3 Å². The number of carbonyl (C=O) groups is 1. The second kappa shape index (κ2) is 8.43. The van der Waals surface area contributed by atoms with Crippen LogP contribution >= 0.6 is 11.8 Å². The second-order valence-corrected chi connectivity index (χ2v) is 7.14. The van der Waals surface area contributed by atoms with Gasteiger partial charge in [-0.05, 0) is 54.6 Å². The highest BCUT2D eigenvalue weighted by molar-refractivity contribution is 7.99. The topological polar surface area (TPSA) is 33.2 Å². The molecular formula is C19H20F2N2OS. The number of nitrogens with zero attached hydrogens (tertiary/aromatic N) is 2. The Morgan fingerprint density at radius 3 is 2.56 bits per heavy atom. The van der Waals surface area contributed by atoms with Crippen LogP contribution in [0.4, 0.5) is 8.78 Å². The Balaban J connectivity index is 1.60. The number of hydrogen-bond acceptors (Lipinski definition) is 3. The molecule has 1 amide bonds. The third-order valence-corrected chi connectivity index (χ3v) is 5.20. The number of likely N-dealkylation sites (tertiary alicyclic amines) is 1. The van der Waals surface area contributed by atoms with Crippen molar-refractivity contribution in [3.05, 3.63) is 59.8 Å². The van der Waals surface area contributed by atoms with E-state index in [0.29, 0.717) is 30.8 Å². The number of pyridine rings is 1. The van der Waals surface area contributed by atoms with E-state index in [1.807, 2.05) is 18.2 Å². The first kappa shape index (κ1) is 17.9. The number of benzene rings is 1. The van der Waals surface area contributed by atoms with E-state index in [4.69, 9.17) is 0 Å².